The summed E-state index contributed by atoms with van der Waals surface area (Å²) in [7, 11) is 1.67. The number of aryl methyl sites for hydroxylation is 1. The average Bonchev–Trinajstić information content (AvgIpc) is 3.22. The Hall–Kier alpha value is -2.54. The summed E-state index contributed by atoms with van der Waals surface area (Å²) in [6.45, 7) is 6.75. The third-order valence-corrected chi connectivity index (χ3v) is 3.99. The Morgan fingerprint density at radius 2 is 1.93 bits per heavy atom. The Bertz CT molecular complexity index is 641. The molecule has 0 saturated heterocycles. The first kappa shape index (κ1) is 20.8. The summed E-state index contributed by atoms with van der Waals surface area (Å²) in [4.78, 5) is 8.76. The normalized spacial score (nSPS) is 11.4. The highest BCUT2D eigenvalue weighted by Crippen LogP contribution is 2.11. The molecule has 0 aliphatic heterocycles. The summed E-state index contributed by atoms with van der Waals surface area (Å²) in [6, 6.07) is 7.99. The van der Waals surface area contributed by atoms with Gasteiger partial charge in [0.05, 0.1) is 20.0 Å². The highest BCUT2D eigenvalue weighted by Gasteiger charge is 2.00. The van der Waals surface area contributed by atoms with Gasteiger partial charge in [0, 0.05) is 45.2 Å². The van der Waals surface area contributed by atoms with Gasteiger partial charge >= 0.3 is 0 Å². The lowest BCUT2D eigenvalue weighted by Crippen LogP contribution is -2.39. The number of aromatic nitrogens is 2. The number of ether oxygens (including phenoxy) is 2. The van der Waals surface area contributed by atoms with E-state index in [1.165, 1.54) is 0 Å². The number of nitrogens with one attached hydrogen (secondary N) is 2. The maximum Gasteiger partial charge on any atom is 0.191 e. The molecule has 0 spiro atoms. The second-order valence-electron chi connectivity index (χ2n) is 6.07. The fourth-order valence-corrected chi connectivity index (χ4v) is 2.49. The van der Waals surface area contributed by atoms with Crippen LogP contribution in [0.5, 0.6) is 5.75 Å². The molecule has 2 aromatic rings. The van der Waals surface area contributed by atoms with Crippen LogP contribution in [0.4, 0.5) is 0 Å². The number of aliphatic imine (C=N–C) groups is 1. The molecule has 0 aliphatic carbocycles. The number of imidazole rings is 1. The zero-order valence-corrected chi connectivity index (χ0v) is 16.4. The van der Waals surface area contributed by atoms with Crippen LogP contribution in [0, 0.1) is 0 Å². The van der Waals surface area contributed by atoms with E-state index < -0.39 is 0 Å². The van der Waals surface area contributed by atoms with Gasteiger partial charge in [0.2, 0.25) is 0 Å². The number of benzene rings is 1. The predicted octanol–water partition coefficient (Wildman–Crippen LogP) is 2.44. The summed E-state index contributed by atoms with van der Waals surface area (Å²) >= 11 is 0. The van der Waals surface area contributed by atoms with Crippen LogP contribution >= 0.6 is 0 Å². The van der Waals surface area contributed by atoms with Gasteiger partial charge in [-0.15, -0.1) is 0 Å². The molecule has 0 amide bonds. The van der Waals surface area contributed by atoms with E-state index in [2.05, 4.69) is 20.2 Å². The minimum absolute atomic E-state index is 0.617. The Morgan fingerprint density at radius 3 is 2.59 bits per heavy atom. The Labute approximate surface area is 161 Å². The monoisotopic (exact) mass is 373 g/mol. The number of guanidine groups is 1. The maximum atomic E-state index is 5.39. The fourth-order valence-electron chi connectivity index (χ4n) is 2.49. The first-order chi connectivity index (χ1) is 13.3. The number of methoxy groups -OCH3 is 1. The summed E-state index contributed by atoms with van der Waals surface area (Å²) in [5.74, 6) is 1.68. The topological polar surface area (TPSA) is 72.7 Å². The second kappa shape index (κ2) is 12.8. The van der Waals surface area contributed by atoms with Gasteiger partial charge in [-0.3, -0.25) is 0 Å². The fraction of sp³-hybridized carbons (Fsp3) is 0.500. The van der Waals surface area contributed by atoms with E-state index in [0.29, 0.717) is 6.54 Å². The summed E-state index contributed by atoms with van der Waals surface area (Å²) in [6.07, 6.45) is 7.56. The van der Waals surface area contributed by atoms with Crippen LogP contribution in [0.2, 0.25) is 0 Å². The van der Waals surface area contributed by atoms with E-state index in [0.717, 1.165) is 63.0 Å². The molecule has 1 aromatic carbocycles. The van der Waals surface area contributed by atoms with Crippen molar-refractivity contribution in [3.05, 3.63) is 48.5 Å². The molecule has 0 unspecified atom stereocenters. The van der Waals surface area contributed by atoms with Crippen molar-refractivity contribution in [2.24, 2.45) is 4.99 Å². The molecule has 0 atom stereocenters. The third kappa shape index (κ3) is 8.59. The highest BCUT2D eigenvalue weighted by atomic mass is 16.5. The van der Waals surface area contributed by atoms with Crippen molar-refractivity contribution in [3.63, 3.8) is 0 Å². The number of hydrogen-bond donors (Lipinski definition) is 2. The van der Waals surface area contributed by atoms with Crippen molar-refractivity contribution >= 4 is 5.96 Å². The van der Waals surface area contributed by atoms with Gasteiger partial charge in [-0.1, -0.05) is 12.1 Å². The van der Waals surface area contributed by atoms with E-state index >= 15 is 0 Å². The summed E-state index contributed by atoms with van der Waals surface area (Å²) in [5, 5.41) is 6.79. The molecule has 7 heteroatoms. The molecule has 0 bridgehead atoms. The Kier molecular flexibility index (Phi) is 9.81. The molecule has 7 nitrogen and oxygen atoms in total. The van der Waals surface area contributed by atoms with Crippen molar-refractivity contribution in [1.29, 1.82) is 0 Å². The van der Waals surface area contributed by atoms with E-state index in [1.807, 2.05) is 43.7 Å². The van der Waals surface area contributed by atoms with Crippen LogP contribution in [-0.2, 0) is 17.8 Å². The van der Waals surface area contributed by atoms with Crippen molar-refractivity contribution in [3.8, 4) is 5.75 Å². The van der Waals surface area contributed by atoms with E-state index in [1.54, 1.807) is 13.3 Å². The molecule has 2 N–H and O–H groups in total. The minimum atomic E-state index is 0.617. The Balaban J connectivity index is 1.80. The first-order valence-electron chi connectivity index (χ1n) is 9.50. The molecule has 1 heterocycles. The lowest BCUT2D eigenvalue weighted by Gasteiger charge is -2.13. The molecule has 1 aromatic heterocycles. The standard InChI is InChI=1S/C20H31N5O2/c1-3-27-15-5-11-23-20(22-10-4-13-25-14-12-21-17-25)24-16-18-6-8-19(26-2)9-7-18/h6-9,12,14,17H,3-5,10-11,13,15-16H2,1-2H3,(H2,22,23,24). The Morgan fingerprint density at radius 1 is 1.15 bits per heavy atom. The minimum Gasteiger partial charge on any atom is -0.497 e. The molecule has 0 saturated carbocycles. The van der Waals surface area contributed by atoms with Crippen LogP contribution in [0.1, 0.15) is 25.3 Å². The van der Waals surface area contributed by atoms with Gasteiger partial charge in [0.1, 0.15) is 5.75 Å². The predicted molar refractivity (Wildman–Crippen MR) is 108 cm³/mol. The molecule has 148 valence electrons. The van der Waals surface area contributed by atoms with E-state index in [9.17, 15) is 0 Å². The lowest BCUT2D eigenvalue weighted by molar-refractivity contribution is 0.145. The lowest BCUT2D eigenvalue weighted by atomic mass is 10.2. The molecule has 27 heavy (non-hydrogen) atoms. The van der Waals surface area contributed by atoms with Crippen LogP contribution in [0.3, 0.4) is 0 Å². The quantitative estimate of drug-likeness (QED) is 0.340. The first-order valence-corrected chi connectivity index (χ1v) is 9.50. The van der Waals surface area contributed by atoms with Gasteiger partial charge in [-0.2, -0.15) is 0 Å². The number of hydrogen-bond acceptors (Lipinski definition) is 4. The molecular weight excluding hydrogens is 342 g/mol. The van der Waals surface area contributed by atoms with Gasteiger partial charge in [-0.25, -0.2) is 9.98 Å². The number of rotatable bonds is 12. The summed E-state index contributed by atoms with van der Waals surface area (Å²) in [5.41, 5.74) is 1.14. The third-order valence-electron chi connectivity index (χ3n) is 3.99. The summed E-state index contributed by atoms with van der Waals surface area (Å²) < 4.78 is 12.7. The molecule has 2 rings (SSSR count). The van der Waals surface area contributed by atoms with E-state index in [-0.39, 0.29) is 0 Å². The van der Waals surface area contributed by atoms with Gasteiger partial charge < -0.3 is 24.7 Å². The van der Waals surface area contributed by atoms with Crippen LogP contribution < -0.4 is 15.4 Å². The maximum absolute atomic E-state index is 5.39. The van der Waals surface area contributed by atoms with Gasteiger partial charge in [0.25, 0.3) is 0 Å². The largest absolute Gasteiger partial charge is 0.497 e. The van der Waals surface area contributed by atoms with Gasteiger partial charge in [-0.05, 0) is 37.5 Å². The molecular formula is C20H31N5O2. The zero-order chi connectivity index (χ0) is 19.2. The molecule has 0 aliphatic rings. The van der Waals surface area contributed by atoms with E-state index in [4.69, 9.17) is 14.5 Å². The second-order valence-corrected chi connectivity index (χ2v) is 6.07. The van der Waals surface area contributed by atoms with Crippen LogP contribution in [0.15, 0.2) is 48.0 Å². The van der Waals surface area contributed by atoms with Crippen molar-refractivity contribution < 1.29 is 9.47 Å². The zero-order valence-electron chi connectivity index (χ0n) is 16.4. The number of nitrogens with zero attached hydrogens (tertiary/aromatic N) is 3. The smallest absolute Gasteiger partial charge is 0.191 e. The van der Waals surface area contributed by atoms with Crippen molar-refractivity contribution in [2.45, 2.75) is 32.9 Å². The average molecular weight is 374 g/mol. The van der Waals surface area contributed by atoms with Crippen molar-refractivity contribution in [1.82, 2.24) is 20.2 Å². The highest BCUT2D eigenvalue weighted by molar-refractivity contribution is 5.79. The SMILES string of the molecule is CCOCCCNC(=NCc1ccc(OC)cc1)NCCCn1ccnc1. The van der Waals surface area contributed by atoms with Crippen molar-refractivity contribution in [2.75, 3.05) is 33.4 Å². The molecule has 0 fully saturated rings. The van der Waals surface area contributed by atoms with Gasteiger partial charge in [0.15, 0.2) is 5.96 Å². The molecule has 0 radical (unpaired) electrons. The van der Waals surface area contributed by atoms with Crippen LogP contribution in [0.25, 0.3) is 0 Å². The van der Waals surface area contributed by atoms with Crippen LogP contribution in [-0.4, -0.2) is 48.9 Å².